The Morgan fingerprint density at radius 3 is 2.64 bits per heavy atom. The van der Waals surface area contributed by atoms with Gasteiger partial charge >= 0.3 is 0 Å². The van der Waals surface area contributed by atoms with Crippen LogP contribution in [-0.4, -0.2) is 14.1 Å². The number of anilines is 1. The quantitative estimate of drug-likeness (QED) is 0.507. The molecule has 0 N–H and O–H groups in total. The zero-order valence-electron chi connectivity index (χ0n) is 9.16. The summed E-state index contributed by atoms with van der Waals surface area (Å²) in [5, 5.41) is 0. The van der Waals surface area contributed by atoms with Crippen LogP contribution in [0.25, 0.3) is 0 Å². The van der Waals surface area contributed by atoms with Gasteiger partial charge in [0.15, 0.2) is 0 Å². The topological polar surface area (TPSA) is 3.24 Å². The van der Waals surface area contributed by atoms with Gasteiger partial charge in [-0.15, -0.1) is 6.58 Å². The van der Waals surface area contributed by atoms with Crippen molar-refractivity contribution >= 4 is 5.69 Å². The summed E-state index contributed by atoms with van der Waals surface area (Å²) in [6.07, 6.45) is 5.41. The molecule has 0 bridgehead atoms. The molecule has 0 aliphatic heterocycles. The van der Waals surface area contributed by atoms with Crippen LogP contribution in [0.15, 0.2) is 36.9 Å². The van der Waals surface area contributed by atoms with Gasteiger partial charge in [0.2, 0.25) is 0 Å². The first-order chi connectivity index (χ1) is 6.75. The lowest BCUT2D eigenvalue weighted by atomic mass is 10.1. The van der Waals surface area contributed by atoms with Crippen LogP contribution in [0, 0.1) is 0 Å². The van der Waals surface area contributed by atoms with Crippen molar-refractivity contribution in [3.05, 3.63) is 42.5 Å². The molecule has 0 unspecified atom stereocenters. The predicted octanol–water partition coefficient (Wildman–Crippen LogP) is 3.26. The predicted molar refractivity (Wildman–Crippen MR) is 63.9 cm³/mol. The van der Waals surface area contributed by atoms with E-state index in [1.54, 1.807) is 0 Å². The molecule has 1 heteroatoms. The fourth-order valence-corrected chi connectivity index (χ4v) is 1.60. The first-order valence-corrected chi connectivity index (χ1v) is 5.12. The van der Waals surface area contributed by atoms with Gasteiger partial charge in [0.25, 0.3) is 0 Å². The molecule has 0 aromatic heterocycles. The lowest BCUT2D eigenvalue weighted by molar-refractivity contribution is 0.840. The summed E-state index contributed by atoms with van der Waals surface area (Å²) in [7, 11) is 4.18. The zero-order valence-corrected chi connectivity index (χ0v) is 9.16. The van der Waals surface area contributed by atoms with Crippen molar-refractivity contribution < 1.29 is 0 Å². The molecule has 0 radical (unpaired) electrons. The summed E-state index contributed by atoms with van der Waals surface area (Å²) < 4.78 is 0. The standard InChI is InChI=1S/C13H19N/c1-4-5-6-9-12-10-7-8-11-13(12)14(2)3/h4,7-8,10-11H,1,5-6,9H2,2-3H3. The molecule has 0 spiro atoms. The molecule has 0 atom stereocenters. The Bertz CT molecular complexity index is 289. The Hall–Kier alpha value is -1.24. The van der Waals surface area contributed by atoms with Crippen LogP contribution >= 0.6 is 0 Å². The third-order valence-electron chi connectivity index (χ3n) is 2.33. The SMILES string of the molecule is C=CCCCc1ccccc1N(C)C. The number of rotatable bonds is 5. The fourth-order valence-electron chi connectivity index (χ4n) is 1.60. The highest BCUT2D eigenvalue weighted by Crippen LogP contribution is 2.19. The largest absolute Gasteiger partial charge is 0.377 e. The molecule has 1 aromatic rings. The summed E-state index contributed by atoms with van der Waals surface area (Å²) in [5.41, 5.74) is 2.76. The molecule has 0 fully saturated rings. The third-order valence-corrected chi connectivity index (χ3v) is 2.33. The van der Waals surface area contributed by atoms with Gasteiger partial charge in [-0.1, -0.05) is 24.3 Å². The van der Waals surface area contributed by atoms with Gasteiger partial charge in [-0.2, -0.15) is 0 Å². The summed E-state index contributed by atoms with van der Waals surface area (Å²) >= 11 is 0. The number of aryl methyl sites for hydroxylation is 1. The molecular weight excluding hydrogens is 170 g/mol. The summed E-state index contributed by atoms with van der Waals surface area (Å²) in [5.74, 6) is 0. The number of para-hydroxylation sites is 1. The van der Waals surface area contributed by atoms with Crippen molar-refractivity contribution in [1.29, 1.82) is 0 Å². The maximum Gasteiger partial charge on any atom is 0.0393 e. The first-order valence-electron chi connectivity index (χ1n) is 5.12. The van der Waals surface area contributed by atoms with E-state index in [0.29, 0.717) is 0 Å². The van der Waals surface area contributed by atoms with Gasteiger partial charge in [-0.3, -0.25) is 0 Å². The normalized spacial score (nSPS) is 9.86. The minimum atomic E-state index is 1.10. The van der Waals surface area contributed by atoms with Gasteiger partial charge < -0.3 is 4.90 Å². The molecule has 0 aliphatic rings. The van der Waals surface area contributed by atoms with E-state index >= 15 is 0 Å². The average molecular weight is 189 g/mol. The highest BCUT2D eigenvalue weighted by atomic mass is 15.1. The van der Waals surface area contributed by atoms with Crippen molar-refractivity contribution in [2.24, 2.45) is 0 Å². The summed E-state index contributed by atoms with van der Waals surface area (Å²) in [4.78, 5) is 2.17. The number of benzene rings is 1. The van der Waals surface area contributed by atoms with Crippen LogP contribution in [-0.2, 0) is 6.42 Å². The van der Waals surface area contributed by atoms with Gasteiger partial charge in [0.05, 0.1) is 0 Å². The number of nitrogens with zero attached hydrogens (tertiary/aromatic N) is 1. The molecule has 0 heterocycles. The number of allylic oxidation sites excluding steroid dienone is 1. The monoisotopic (exact) mass is 189 g/mol. The van der Waals surface area contributed by atoms with Crippen LogP contribution < -0.4 is 4.90 Å². The number of hydrogen-bond donors (Lipinski definition) is 0. The maximum atomic E-state index is 3.74. The molecule has 0 saturated heterocycles. The highest BCUT2D eigenvalue weighted by Gasteiger charge is 2.01. The zero-order chi connectivity index (χ0) is 10.4. The van der Waals surface area contributed by atoms with Crippen molar-refractivity contribution in [3.8, 4) is 0 Å². The van der Waals surface area contributed by atoms with Crippen LogP contribution in [0.5, 0.6) is 0 Å². The van der Waals surface area contributed by atoms with Crippen molar-refractivity contribution in [2.75, 3.05) is 19.0 Å². The highest BCUT2D eigenvalue weighted by molar-refractivity contribution is 5.52. The smallest absolute Gasteiger partial charge is 0.0393 e. The number of hydrogen-bond acceptors (Lipinski definition) is 1. The molecule has 14 heavy (non-hydrogen) atoms. The lowest BCUT2D eigenvalue weighted by Crippen LogP contribution is -2.11. The van der Waals surface area contributed by atoms with Gasteiger partial charge in [0.1, 0.15) is 0 Å². The van der Waals surface area contributed by atoms with E-state index in [0.717, 1.165) is 12.8 Å². The Kier molecular flexibility index (Phi) is 4.24. The molecule has 0 aliphatic carbocycles. The average Bonchev–Trinajstić information content (AvgIpc) is 2.19. The van der Waals surface area contributed by atoms with Crippen LogP contribution in [0.4, 0.5) is 5.69 Å². The van der Waals surface area contributed by atoms with E-state index in [2.05, 4.69) is 49.8 Å². The number of unbranched alkanes of at least 4 members (excludes halogenated alkanes) is 1. The van der Waals surface area contributed by atoms with Gasteiger partial charge in [0, 0.05) is 19.8 Å². The Morgan fingerprint density at radius 2 is 2.00 bits per heavy atom. The minimum absolute atomic E-state index is 1.10. The van der Waals surface area contributed by atoms with Crippen LogP contribution in [0.3, 0.4) is 0 Å². The van der Waals surface area contributed by atoms with Crippen LogP contribution in [0.1, 0.15) is 18.4 Å². The van der Waals surface area contributed by atoms with Crippen LogP contribution in [0.2, 0.25) is 0 Å². The molecular formula is C13H19N. The molecule has 0 amide bonds. The second-order valence-corrected chi connectivity index (χ2v) is 3.70. The molecule has 1 aromatic carbocycles. The van der Waals surface area contributed by atoms with Crippen molar-refractivity contribution in [2.45, 2.75) is 19.3 Å². The minimum Gasteiger partial charge on any atom is -0.377 e. The lowest BCUT2D eigenvalue weighted by Gasteiger charge is -2.16. The second kappa shape index (κ2) is 5.48. The fraction of sp³-hybridized carbons (Fsp3) is 0.385. The van der Waals surface area contributed by atoms with E-state index < -0.39 is 0 Å². The van der Waals surface area contributed by atoms with E-state index in [4.69, 9.17) is 0 Å². The first kappa shape index (κ1) is 10.8. The van der Waals surface area contributed by atoms with E-state index in [9.17, 15) is 0 Å². The van der Waals surface area contributed by atoms with Gasteiger partial charge in [-0.25, -0.2) is 0 Å². The molecule has 1 rings (SSSR count). The van der Waals surface area contributed by atoms with Crippen molar-refractivity contribution in [1.82, 2.24) is 0 Å². The summed E-state index contributed by atoms with van der Waals surface area (Å²) in [6, 6.07) is 8.57. The second-order valence-electron chi connectivity index (χ2n) is 3.70. The molecule has 0 saturated carbocycles. The Balaban J connectivity index is 2.69. The van der Waals surface area contributed by atoms with E-state index in [1.807, 2.05) is 6.08 Å². The maximum absolute atomic E-state index is 3.74. The Labute approximate surface area is 87.1 Å². The molecule has 1 nitrogen and oxygen atoms in total. The van der Waals surface area contributed by atoms with E-state index in [-0.39, 0.29) is 0 Å². The van der Waals surface area contributed by atoms with Crippen molar-refractivity contribution in [3.63, 3.8) is 0 Å². The molecule has 76 valence electrons. The summed E-state index contributed by atoms with van der Waals surface area (Å²) in [6.45, 7) is 3.74. The Morgan fingerprint density at radius 1 is 1.29 bits per heavy atom. The van der Waals surface area contributed by atoms with Gasteiger partial charge in [-0.05, 0) is 30.9 Å². The van der Waals surface area contributed by atoms with E-state index in [1.165, 1.54) is 17.7 Å². The third kappa shape index (κ3) is 2.91.